The second kappa shape index (κ2) is 7.10. The number of aromatic nitrogens is 2. The van der Waals surface area contributed by atoms with Crippen molar-refractivity contribution in [1.82, 2.24) is 9.78 Å². The van der Waals surface area contributed by atoms with E-state index in [-0.39, 0.29) is 12.3 Å². The summed E-state index contributed by atoms with van der Waals surface area (Å²) in [6, 6.07) is -0.0854. The Morgan fingerprint density at radius 2 is 2.14 bits per heavy atom. The van der Waals surface area contributed by atoms with Crippen LogP contribution in [0, 0.1) is 16.0 Å². The normalized spacial score (nSPS) is 23.7. The van der Waals surface area contributed by atoms with Crippen molar-refractivity contribution in [3.63, 3.8) is 0 Å². The highest BCUT2D eigenvalue weighted by Gasteiger charge is 2.30. The van der Waals surface area contributed by atoms with E-state index >= 15 is 0 Å². The first kappa shape index (κ1) is 16.8. The average molecular weight is 318 g/mol. The molecule has 0 spiro atoms. The number of hydrogen-bond donors (Lipinski definition) is 1. The van der Waals surface area contributed by atoms with Crippen LogP contribution in [0.5, 0.6) is 0 Å². The third-order valence-electron chi connectivity index (χ3n) is 3.93. The second-order valence-electron chi connectivity index (χ2n) is 5.65. The maximum absolute atomic E-state index is 12.8. The largest absolute Gasteiger partial charge is 0.364 e. The van der Waals surface area contributed by atoms with Crippen LogP contribution in [0.4, 0.5) is 14.5 Å². The van der Waals surface area contributed by atoms with Crippen LogP contribution in [0.15, 0.2) is 6.20 Å². The van der Waals surface area contributed by atoms with Crippen LogP contribution in [0.25, 0.3) is 0 Å². The zero-order chi connectivity index (χ0) is 16.3. The van der Waals surface area contributed by atoms with Crippen molar-refractivity contribution in [2.24, 2.45) is 11.7 Å². The van der Waals surface area contributed by atoms with E-state index in [0.29, 0.717) is 12.5 Å². The Bertz CT molecular complexity index is 513. The van der Waals surface area contributed by atoms with Gasteiger partial charge in [0.05, 0.1) is 17.6 Å². The number of ether oxygens (including phenoxy) is 1. The Balaban J connectivity index is 1.99. The maximum atomic E-state index is 12.8. The summed E-state index contributed by atoms with van der Waals surface area (Å²) in [6.07, 6.45) is 1.04. The molecule has 124 valence electrons. The predicted octanol–water partition coefficient (Wildman–Crippen LogP) is 2.78. The first-order valence-electron chi connectivity index (χ1n) is 7.27. The molecule has 2 rings (SSSR count). The highest BCUT2D eigenvalue weighted by molar-refractivity contribution is 5.33. The molecule has 7 nitrogen and oxygen atoms in total. The van der Waals surface area contributed by atoms with Gasteiger partial charge in [-0.1, -0.05) is 0 Å². The van der Waals surface area contributed by atoms with E-state index in [4.69, 9.17) is 10.5 Å². The standard InChI is InChI=1S/C13H20F2N4O3/c1-8(16)22-7-9-2-4-10(5-3-9)18-6-11(19(20)21)12(17-18)13(14)15/h6,8-10,13H,2-5,7,16H2,1H3. The van der Waals surface area contributed by atoms with Crippen LogP contribution >= 0.6 is 0 Å². The lowest BCUT2D eigenvalue weighted by Gasteiger charge is -2.28. The van der Waals surface area contributed by atoms with Crippen molar-refractivity contribution < 1.29 is 18.4 Å². The van der Waals surface area contributed by atoms with E-state index in [1.165, 1.54) is 4.68 Å². The Morgan fingerprint density at radius 3 is 2.59 bits per heavy atom. The highest BCUT2D eigenvalue weighted by atomic mass is 19.3. The van der Waals surface area contributed by atoms with Crippen LogP contribution in [0.2, 0.25) is 0 Å². The first-order chi connectivity index (χ1) is 10.4. The molecule has 1 heterocycles. The summed E-state index contributed by atoms with van der Waals surface area (Å²) < 4.78 is 32.3. The SMILES string of the molecule is CC(N)OCC1CCC(n2cc([N+](=O)[O-])c(C(F)F)n2)CC1. The van der Waals surface area contributed by atoms with Gasteiger partial charge in [0.25, 0.3) is 6.43 Å². The summed E-state index contributed by atoms with van der Waals surface area (Å²) in [5.74, 6) is 0.377. The van der Waals surface area contributed by atoms with Gasteiger partial charge in [-0.3, -0.25) is 14.8 Å². The van der Waals surface area contributed by atoms with Crippen molar-refractivity contribution >= 4 is 5.69 Å². The molecule has 1 aromatic heterocycles. The molecule has 2 N–H and O–H groups in total. The van der Waals surface area contributed by atoms with Crippen molar-refractivity contribution in [3.8, 4) is 0 Å². The number of nitro groups is 1. The predicted molar refractivity (Wildman–Crippen MR) is 74.4 cm³/mol. The number of rotatable bonds is 6. The quantitative estimate of drug-likeness (QED) is 0.494. The number of nitrogens with two attached hydrogens (primary N) is 1. The van der Waals surface area contributed by atoms with Crippen molar-refractivity contribution in [3.05, 3.63) is 22.0 Å². The molecule has 0 aromatic carbocycles. The zero-order valence-electron chi connectivity index (χ0n) is 12.3. The summed E-state index contributed by atoms with van der Waals surface area (Å²) in [4.78, 5) is 10.0. The monoisotopic (exact) mass is 318 g/mol. The molecule has 0 saturated heterocycles. The van der Waals surface area contributed by atoms with Crippen molar-refractivity contribution in [2.45, 2.75) is 51.3 Å². The van der Waals surface area contributed by atoms with Gasteiger partial charge in [0, 0.05) is 0 Å². The van der Waals surface area contributed by atoms with E-state index in [9.17, 15) is 18.9 Å². The molecule has 0 radical (unpaired) electrons. The Hall–Kier alpha value is -1.61. The molecule has 1 atom stereocenters. The highest BCUT2D eigenvalue weighted by Crippen LogP contribution is 2.35. The van der Waals surface area contributed by atoms with Gasteiger partial charge in [0.15, 0.2) is 0 Å². The first-order valence-corrected chi connectivity index (χ1v) is 7.27. The fourth-order valence-electron chi connectivity index (χ4n) is 2.74. The number of nitrogens with zero attached hydrogens (tertiary/aromatic N) is 3. The zero-order valence-corrected chi connectivity index (χ0v) is 12.3. The number of hydrogen-bond acceptors (Lipinski definition) is 5. The fourth-order valence-corrected chi connectivity index (χ4v) is 2.74. The molecule has 1 aromatic rings. The van der Waals surface area contributed by atoms with Gasteiger partial charge in [-0.15, -0.1) is 0 Å². The smallest absolute Gasteiger partial charge is 0.316 e. The summed E-state index contributed by atoms with van der Waals surface area (Å²) in [5.41, 5.74) is 4.16. The topological polar surface area (TPSA) is 96.2 Å². The van der Waals surface area contributed by atoms with Gasteiger partial charge in [-0.25, -0.2) is 8.78 Å². The molecule has 0 amide bonds. The second-order valence-corrected chi connectivity index (χ2v) is 5.65. The molecule has 1 saturated carbocycles. The van der Waals surface area contributed by atoms with E-state index in [1.807, 2.05) is 0 Å². The summed E-state index contributed by atoms with van der Waals surface area (Å²) in [5, 5.41) is 14.5. The van der Waals surface area contributed by atoms with Crippen molar-refractivity contribution in [1.29, 1.82) is 0 Å². The molecule has 1 aliphatic rings. The van der Waals surface area contributed by atoms with Crippen molar-refractivity contribution in [2.75, 3.05) is 6.61 Å². The Kier molecular flexibility index (Phi) is 5.41. The molecular weight excluding hydrogens is 298 g/mol. The minimum atomic E-state index is -2.95. The molecular formula is C13H20F2N4O3. The van der Waals surface area contributed by atoms with E-state index in [1.54, 1.807) is 6.92 Å². The van der Waals surface area contributed by atoms with Gasteiger partial charge in [0.1, 0.15) is 12.4 Å². The van der Waals surface area contributed by atoms with E-state index < -0.39 is 22.7 Å². The molecule has 1 aliphatic carbocycles. The van der Waals surface area contributed by atoms with Gasteiger partial charge < -0.3 is 10.5 Å². The maximum Gasteiger partial charge on any atom is 0.316 e. The van der Waals surface area contributed by atoms with Gasteiger partial charge in [0.2, 0.25) is 5.69 Å². The minimum Gasteiger partial charge on any atom is -0.364 e. The van der Waals surface area contributed by atoms with Gasteiger partial charge >= 0.3 is 5.69 Å². The summed E-state index contributed by atoms with van der Waals surface area (Å²) >= 11 is 0. The molecule has 1 fully saturated rings. The van der Waals surface area contributed by atoms with Crippen LogP contribution in [0.3, 0.4) is 0 Å². The van der Waals surface area contributed by atoms with Gasteiger partial charge in [-0.2, -0.15) is 5.10 Å². The Labute approximate surface area is 126 Å². The minimum absolute atomic E-state index is 0.0854. The van der Waals surface area contributed by atoms with Crippen LogP contribution < -0.4 is 5.73 Å². The lowest BCUT2D eigenvalue weighted by molar-refractivity contribution is -0.386. The molecule has 0 bridgehead atoms. The molecule has 22 heavy (non-hydrogen) atoms. The fraction of sp³-hybridized carbons (Fsp3) is 0.769. The summed E-state index contributed by atoms with van der Waals surface area (Å²) in [6.45, 7) is 2.34. The third kappa shape index (κ3) is 3.98. The van der Waals surface area contributed by atoms with E-state index in [2.05, 4.69) is 5.10 Å². The molecule has 9 heteroatoms. The van der Waals surface area contributed by atoms with Gasteiger partial charge in [-0.05, 0) is 38.5 Å². The molecule has 0 aliphatic heterocycles. The molecule has 1 unspecified atom stereocenters. The van der Waals surface area contributed by atoms with E-state index in [0.717, 1.165) is 31.9 Å². The van der Waals surface area contributed by atoms with Crippen LogP contribution in [0.1, 0.15) is 50.8 Å². The number of halogens is 2. The lowest BCUT2D eigenvalue weighted by Crippen LogP contribution is -2.26. The third-order valence-corrected chi connectivity index (χ3v) is 3.93. The number of alkyl halides is 2. The average Bonchev–Trinajstić information content (AvgIpc) is 2.91. The van der Waals surface area contributed by atoms with Crippen LogP contribution in [-0.4, -0.2) is 27.5 Å². The Morgan fingerprint density at radius 1 is 1.50 bits per heavy atom. The summed E-state index contributed by atoms with van der Waals surface area (Å²) in [7, 11) is 0. The van der Waals surface area contributed by atoms with Crippen LogP contribution in [-0.2, 0) is 4.74 Å². The lowest BCUT2D eigenvalue weighted by atomic mass is 9.86.